The Bertz CT molecular complexity index is 102. The molecule has 0 amide bonds. The van der Waals surface area contributed by atoms with E-state index in [1.807, 2.05) is 6.92 Å². The third-order valence-corrected chi connectivity index (χ3v) is 2.04. The van der Waals surface area contributed by atoms with Crippen molar-refractivity contribution >= 4 is 0 Å². The second-order valence-corrected chi connectivity index (χ2v) is 3.32. The van der Waals surface area contributed by atoms with Gasteiger partial charge in [-0.05, 0) is 38.4 Å². The molecule has 0 spiro atoms. The number of aliphatic hydroxyl groups is 2. The second-order valence-electron chi connectivity index (χ2n) is 3.32. The fourth-order valence-electron chi connectivity index (χ4n) is 1.36. The summed E-state index contributed by atoms with van der Waals surface area (Å²) < 4.78 is 0. The molecule has 0 aromatic heterocycles. The van der Waals surface area contributed by atoms with Crippen LogP contribution in [0.3, 0.4) is 0 Å². The smallest absolute Gasteiger partial charge is 0.151 e. The molecule has 5 N–H and O–H groups in total. The summed E-state index contributed by atoms with van der Waals surface area (Å²) >= 11 is 0. The highest BCUT2D eigenvalue weighted by Gasteiger charge is 2.11. The fraction of sp³-hybridized carbons (Fsp3) is 1.00. The van der Waals surface area contributed by atoms with E-state index in [9.17, 15) is 0 Å². The van der Waals surface area contributed by atoms with Gasteiger partial charge in [-0.2, -0.15) is 0 Å². The molecule has 0 aliphatic heterocycles. The van der Waals surface area contributed by atoms with Crippen LogP contribution in [0.2, 0.25) is 0 Å². The van der Waals surface area contributed by atoms with Crippen molar-refractivity contribution in [3.63, 3.8) is 0 Å². The Morgan fingerprint density at radius 2 is 2.08 bits per heavy atom. The molecular formula is C9H22N2O2. The van der Waals surface area contributed by atoms with Gasteiger partial charge in [-0.15, -0.1) is 0 Å². The van der Waals surface area contributed by atoms with Crippen molar-refractivity contribution in [2.75, 3.05) is 19.6 Å². The van der Waals surface area contributed by atoms with Crippen molar-refractivity contribution in [2.45, 2.75) is 32.5 Å². The van der Waals surface area contributed by atoms with E-state index in [0.717, 1.165) is 25.9 Å². The minimum absolute atomic E-state index is 0.323. The molecule has 1 atom stereocenters. The first-order valence-electron chi connectivity index (χ1n) is 4.97. The van der Waals surface area contributed by atoms with Gasteiger partial charge < -0.3 is 21.3 Å². The molecule has 80 valence electrons. The average Bonchev–Trinajstić information content (AvgIpc) is 2.09. The normalized spacial score (nSPS) is 13.6. The van der Waals surface area contributed by atoms with Crippen molar-refractivity contribution in [1.82, 2.24) is 5.32 Å². The summed E-state index contributed by atoms with van der Waals surface area (Å²) in [5.41, 5.74) is 5.39. The first kappa shape index (κ1) is 12.8. The molecule has 0 aromatic rings. The molecular weight excluding hydrogens is 168 g/mol. The predicted octanol–water partition coefficient (Wildman–Crippen LogP) is -0.348. The highest BCUT2D eigenvalue weighted by Crippen LogP contribution is 2.11. The Balaban J connectivity index is 3.60. The minimum Gasteiger partial charge on any atom is -0.368 e. The van der Waals surface area contributed by atoms with Gasteiger partial charge in [-0.1, -0.05) is 6.92 Å². The standard InChI is InChI=1S/C9H22N2O2/c1-2-11-7-8(4-3-5-10)6-9(12)13/h8-9,11-13H,2-7,10H2,1H3/t8-/m1/s1. The van der Waals surface area contributed by atoms with Crippen LogP contribution in [0.1, 0.15) is 26.2 Å². The summed E-state index contributed by atoms with van der Waals surface area (Å²) in [5.74, 6) is 0.323. The van der Waals surface area contributed by atoms with Crippen LogP contribution in [0, 0.1) is 5.92 Å². The Labute approximate surface area is 80.1 Å². The van der Waals surface area contributed by atoms with Crippen LogP contribution in [0.4, 0.5) is 0 Å². The zero-order chi connectivity index (χ0) is 10.1. The van der Waals surface area contributed by atoms with Crippen molar-refractivity contribution in [1.29, 1.82) is 0 Å². The summed E-state index contributed by atoms with van der Waals surface area (Å²) in [4.78, 5) is 0. The zero-order valence-corrected chi connectivity index (χ0v) is 8.37. The number of aliphatic hydroxyl groups excluding tert-OH is 1. The van der Waals surface area contributed by atoms with E-state index in [2.05, 4.69) is 5.32 Å². The largest absolute Gasteiger partial charge is 0.368 e. The van der Waals surface area contributed by atoms with E-state index in [0.29, 0.717) is 18.9 Å². The lowest BCUT2D eigenvalue weighted by molar-refractivity contribution is -0.0565. The van der Waals surface area contributed by atoms with E-state index in [4.69, 9.17) is 15.9 Å². The Hall–Kier alpha value is -0.160. The van der Waals surface area contributed by atoms with Crippen LogP contribution >= 0.6 is 0 Å². The number of hydrogen-bond acceptors (Lipinski definition) is 4. The molecule has 0 aliphatic rings. The van der Waals surface area contributed by atoms with Gasteiger partial charge in [0.1, 0.15) is 0 Å². The summed E-state index contributed by atoms with van der Waals surface area (Å²) in [6, 6.07) is 0. The van der Waals surface area contributed by atoms with E-state index in [-0.39, 0.29) is 0 Å². The maximum atomic E-state index is 8.82. The van der Waals surface area contributed by atoms with Crippen molar-refractivity contribution in [2.24, 2.45) is 11.7 Å². The maximum absolute atomic E-state index is 8.82. The van der Waals surface area contributed by atoms with Gasteiger partial charge in [-0.25, -0.2) is 0 Å². The van der Waals surface area contributed by atoms with Crippen LogP contribution in [0.15, 0.2) is 0 Å². The van der Waals surface area contributed by atoms with Crippen LogP contribution in [0.25, 0.3) is 0 Å². The van der Waals surface area contributed by atoms with Crippen LogP contribution in [-0.4, -0.2) is 36.1 Å². The maximum Gasteiger partial charge on any atom is 0.151 e. The first-order chi connectivity index (χ1) is 6.20. The summed E-state index contributed by atoms with van der Waals surface area (Å²) in [6.45, 7) is 4.47. The quantitative estimate of drug-likeness (QED) is 0.395. The summed E-state index contributed by atoms with van der Waals surface area (Å²) in [5, 5.41) is 20.8. The van der Waals surface area contributed by atoms with Crippen LogP contribution < -0.4 is 11.1 Å². The number of nitrogens with two attached hydrogens (primary N) is 1. The lowest BCUT2D eigenvalue weighted by Crippen LogP contribution is -2.26. The molecule has 0 radical (unpaired) electrons. The number of rotatable bonds is 8. The third kappa shape index (κ3) is 8.18. The molecule has 0 fully saturated rings. The molecule has 0 aromatic carbocycles. The molecule has 0 rings (SSSR count). The molecule has 0 unspecified atom stereocenters. The average molecular weight is 190 g/mol. The molecule has 0 heterocycles. The van der Waals surface area contributed by atoms with Crippen molar-refractivity contribution in [3.8, 4) is 0 Å². The monoisotopic (exact) mass is 190 g/mol. The van der Waals surface area contributed by atoms with Gasteiger partial charge >= 0.3 is 0 Å². The fourth-order valence-corrected chi connectivity index (χ4v) is 1.36. The molecule has 0 saturated heterocycles. The van der Waals surface area contributed by atoms with E-state index < -0.39 is 6.29 Å². The minimum atomic E-state index is -1.19. The van der Waals surface area contributed by atoms with Gasteiger partial charge in [0.15, 0.2) is 6.29 Å². The van der Waals surface area contributed by atoms with Gasteiger partial charge in [0.05, 0.1) is 0 Å². The summed E-state index contributed by atoms with van der Waals surface area (Å²) in [7, 11) is 0. The molecule has 4 heteroatoms. The van der Waals surface area contributed by atoms with Crippen molar-refractivity contribution < 1.29 is 10.2 Å². The SMILES string of the molecule is CCNC[C@H](CCCN)CC(O)O. The lowest BCUT2D eigenvalue weighted by atomic mass is 9.99. The van der Waals surface area contributed by atoms with Gasteiger partial charge in [0.25, 0.3) is 0 Å². The molecule has 0 aliphatic carbocycles. The Kier molecular flexibility index (Phi) is 8.33. The summed E-state index contributed by atoms with van der Waals surface area (Å²) in [6.07, 6.45) is 1.15. The van der Waals surface area contributed by atoms with E-state index >= 15 is 0 Å². The van der Waals surface area contributed by atoms with E-state index in [1.54, 1.807) is 0 Å². The van der Waals surface area contributed by atoms with Gasteiger partial charge in [0.2, 0.25) is 0 Å². The van der Waals surface area contributed by atoms with Crippen LogP contribution in [0.5, 0.6) is 0 Å². The molecule has 0 bridgehead atoms. The second kappa shape index (κ2) is 8.44. The molecule has 13 heavy (non-hydrogen) atoms. The Morgan fingerprint density at radius 3 is 2.54 bits per heavy atom. The first-order valence-corrected chi connectivity index (χ1v) is 4.97. The number of hydrogen-bond donors (Lipinski definition) is 4. The third-order valence-electron chi connectivity index (χ3n) is 2.04. The van der Waals surface area contributed by atoms with E-state index in [1.165, 1.54) is 0 Å². The van der Waals surface area contributed by atoms with Crippen molar-refractivity contribution in [3.05, 3.63) is 0 Å². The highest BCUT2D eigenvalue weighted by atomic mass is 16.5. The highest BCUT2D eigenvalue weighted by molar-refractivity contribution is 4.63. The topological polar surface area (TPSA) is 78.5 Å². The van der Waals surface area contributed by atoms with Crippen LogP contribution in [-0.2, 0) is 0 Å². The predicted molar refractivity (Wildman–Crippen MR) is 53.2 cm³/mol. The number of nitrogens with one attached hydrogen (secondary N) is 1. The zero-order valence-electron chi connectivity index (χ0n) is 8.37. The Morgan fingerprint density at radius 1 is 1.38 bits per heavy atom. The molecule has 0 saturated carbocycles. The van der Waals surface area contributed by atoms with Gasteiger partial charge in [-0.3, -0.25) is 0 Å². The lowest BCUT2D eigenvalue weighted by Gasteiger charge is -2.17. The molecule has 4 nitrogen and oxygen atoms in total. The van der Waals surface area contributed by atoms with Gasteiger partial charge in [0, 0.05) is 6.42 Å².